The van der Waals surface area contributed by atoms with Crippen molar-refractivity contribution in [2.75, 3.05) is 11.9 Å². The summed E-state index contributed by atoms with van der Waals surface area (Å²) in [5.41, 5.74) is 1.17. The first-order valence-corrected chi connectivity index (χ1v) is 9.48. The molecular formula is C21H23FN4O4. The predicted molar refractivity (Wildman–Crippen MR) is 108 cm³/mol. The molecule has 0 saturated heterocycles. The van der Waals surface area contributed by atoms with Crippen LogP contribution in [-0.2, 0) is 16.1 Å². The van der Waals surface area contributed by atoms with Crippen molar-refractivity contribution < 1.29 is 23.8 Å². The van der Waals surface area contributed by atoms with E-state index in [0.717, 1.165) is 5.69 Å². The first-order valence-electron chi connectivity index (χ1n) is 9.48. The number of pyridine rings is 1. The number of halogens is 1. The molecule has 3 rings (SSSR count). The number of urea groups is 1. The molecule has 2 aromatic rings. The zero-order chi connectivity index (χ0) is 21.3. The van der Waals surface area contributed by atoms with Crippen LogP contribution in [0.5, 0.6) is 0 Å². The lowest BCUT2D eigenvalue weighted by Crippen LogP contribution is -2.50. The molecule has 1 aliphatic rings. The maximum atomic E-state index is 12.9. The first kappa shape index (κ1) is 21.4. The van der Waals surface area contributed by atoms with Crippen LogP contribution in [0.2, 0.25) is 0 Å². The van der Waals surface area contributed by atoms with Gasteiger partial charge in [-0.05, 0) is 36.4 Å². The lowest BCUT2D eigenvalue weighted by Gasteiger charge is -2.31. The maximum absolute atomic E-state index is 12.9. The van der Waals surface area contributed by atoms with Crippen LogP contribution in [0.1, 0.15) is 12.1 Å². The predicted octanol–water partition coefficient (Wildman–Crippen LogP) is 1.73. The number of aromatic nitrogens is 1. The molecule has 0 bridgehead atoms. The summed E-state index contributed by atoms with van der Waals surface area (Å²) in [7, 11) is 0. The number of carbonyl (C=O) groups is 2. The van der Waals surface area contributed by atoms with Crippen LogP contribution in [-0.4, -0.2) is 46.9 Å². The summed E-state index contributed by atoms with van der Waals surface area (Å²) in [6.45, 7) is -0.0227. The van der Waals surface area contributed by atoms with Gasteiger partial charge in [0.05, 0.1) is 37.4 Å². The molecule has 4 N–H and O–H groups in total. The Morgan fingerprint density at radius 3 is 2.63 bits per heavy atom. The fourth-order valence-corrected chi connectivity index (χ4v) is 2.93. The van der Waals surface area contributed by atoms with E-state index in [1.165, 1.54) is 24.3 Å². The van der Waals surface area contributed by atoms with Crippen LogP contribution in [0.3, 0.4) is 0 Å². The van der Waals surface area contributed by atoms with E-state index in [2.05, 4.69) is 20.9 Å². The molecule has 0 unspecified atom stereocenters. The van der Waals surface area contributed by atoms with E-state index in [1.807, 2.05) is 12.1 Å². The van der Waals surface area contributed by atoms with Crippen molar-refractivity contribution in [3.05, 3.63) is 72.3 Å². The smallest absolute Gasteiger partial charge is 0.319 e. The molecule has 2 heterocycles. The summed E-state index contributed by atoms with van der Waals surface area (Å²) in [6.07, 6.45) is 3.86. The van der Waals surface area contributed by atoms with Gasteiger partial charge >= 0.3 is 6.03 Å². The fraction of sp³-hybridized carbons (Fsp3) is 0.286. The van der Waals surface area contributed by atoms with E-state index < -0.39 is 30.1 Å². The third-order valence-electron chi connectivity index (χ3n) is 4.44. The molecule has 1 aromatic heterocycles. The summed E-state index contributed by atoms with van der Waals surface area (Å²) in [5.74, 6) is -0.618. The summed E-state index contributed by atoms with van der Waals surface area (Å²) in [6, 6.07) is 9.69. The van der Waals surface area contributed by atoms with Crippen LogP contribution < -0.4 is 16.0 Å². The van der Waals surface area contributed by atoms with Crippen LogP contribution >= 0.6 is 0 Å². The third kappa shape index (κ3) is 6.36. The first-order chi connectivity index (χ1) is 14.5. The molecule has 0 spiro atoms. The maximum Gasteiger partial charge on any atom is 0.319 e. The Bertz CT molecular complexity index is 876. The molecule has 158 valence electrons. The lowest BCUT2D eigenvalue weighted by molar-refractivity contribution is -0.125. The van der Waals surface area contributed by atoms with Gasteiger partial charge in [-0.2, -0.15) is 0 Å². The number of rotatable bonds is 7. The molecule has 1 aromatic carbocycles. The van der Waals surface area contributed by atoms with Gasteiger partial charge < -0.3 is 25.8 Å². The van der Waals surface area contributed by atoms with Gasteiger partial charge in [0.15, 0.2) is 0 Å². The number of carbonyl (C=O) groups excluding carboxylic acids is 2. The van der Waals surface area contributed by atoms with Gasteiger partial charge in [-0.25, -0.2) is 9.18 Å². The number of nitrogens with zero attached hydrogens (tertiary/aromatic N) is 1. The van der Waals surface area contributed by atoms with Crippen molar-refractivity contribution in [2.24, 2.45) is 0 Å². The van der Waals surface area contributed by atoms with Crippen LogP contribution in [0.15, 0.2) is 60.8 Å². The number of amides is 3. The van der Waals surface area contributed by atoms with Gasteiger partial charge in [-0.1, -0.05) is 18.2 Å². The quantitative estimate of drug-likeness (QED) is 0.516. The molecule has 3 amide bonds. The lowest BCUT2D eigenvalue weighted by atomic mass is 10.0. The molecule has 0 radical (unpaired) electrons. The highest BCUT2D eigenvalue weighted by Crippen LogP contribution is 2.16. The summed E-state index contributed by atoms with van der Waals surface area (Å²) < 4.78 is 18.7. The van der Waals surface area contributed by atoms with E-state index in [0.29, 0.717) is 12.2 Å². The Morgan fingerprint density at radius 2 is 1.93 bits per heavy atom. The van der Waals surface area contributed by atoms with Gasteiger partial charge in [0.2, 0.25) is 5.91 Å². The highest BCUT2D eigenvalue weighted by atomic mass is 19.1. The van der Waals surface area contributed by atoms with Gasteiger partial charge in [-0.15, -0.1) is 0 Å². The van der Waals surface area contributed by atoms with Gasteiger partial charge in [-0.3, -0.25) is 9.78 Å². The van der Waals surface area contributed by atoms with E-state index in [4.69, 9.17) is 4.74 Å². The topological polar surface area (TPSA) is 113 Å². The SMILES string of the molecule is O=C(C[C@@H]1C=C[C@H](NC(=O)Nc2ccc(F)cc2)[C@@H](CO)O1)NCc1ccccn1. The number of ether oxygens (including phenoxy) is 1. The van der Waals surface area contributed by atoms with E-state index in [9.17, 15) is 19.1 Å². The van der Waals surface area contributed by atoms with Crippen LogP contribution in [0, 0.1) is 5.82 Å². The van der Waals surface area contributed by atoms with Crippen molar-refractivity contribution in [1.29, 1.82) is 0 Å². The van der Waals surface area contributed by atoms with Crippen LogP contribution in [0.4, 0.5) is 14.9 Å². The van der Waals surface area contributed by atoms with Crippen molar-refractivity contribution in [3.63, 3.8) is 0 Å². The summed E-state index contributed by atoms with van der Waals surface area (Å²) in [5, 5.41) is 17.6. The van der Waals surface area contributed by atoms with Crippen molar-refractivity contribution in [3.8, 4) is 0 Å². The summed E-state index contributed by atoms with van der Waals surface area (Å²) >= 11 is 0. The minimum Gasteiger partial charge on any atom is -0.394 e. The molecule has 3 atom stereocenters. The number of hydrogen-bond donors (Lipinski definition) is 4. The largest absolute Gasteiger partial charge is 0.394 e. The van der Waals surface area contributed by atoms with Crippen molar-refractivity contribution in [1.82, 2.24) is 15.6 Å². The van der Waals surface area contributed by atoms with E-state index >= 15 is 0 Å². The number of nitrogens with one attached hydrogen (secondary N) is 3. The minimum absolute atomic E-state index is 0.0777. The van der Waals surface area contributed by atoms with Gasteiger partial charge in [0, 0.05) is 11.9 Å². The van der Waals surface area contributed by atoms with Gasteiger partial charge in [0.25, 0.3) is 0 Å². The Morgan fingerprint density at radius 1 is 1.13 bits per heavy atom. The number of hydrogen-bond acceptors (Lipinski definition) is 5. The monoisotopic (exact) mass is 414 g/mol. The zero-order valence-corrected chi connectivity index (χ0v) is 16.1. The molecular weight excluding hydrogens is 391 g/mol. The molecule has 0 aliphatic carbocycles. The number of aliphatic hydroxyl groups is 1. The Balaban J connectivity index is 1.48. The Labute approximate surface area is 173 Å². The van der Waals surface area contributed by atoms with E-state index in [1.54, 1.807) is 24.4 Å². The Kier molecular flexibility index (Phi) is 7.47. The van der Waals surface area contributed by atoms with Crippen molar-refractivity contribution in [2.45, 2.75) is 31.2 Å². The molecule has 30 heavy (non-hydrogen) atoms. The molecule has 9 heteroatoms. The van der Waals surface area contributed by atoms with E-state index in [-0.39, 0.29) is 18.9 Å². The number of aliphatic hydroxyl groups excluding tert-OH is 1. The second-order valence-electron chi connectivity index (χ2n) is 6.71. The molecule has 8 nitrogen and oxygen atoms in total. The number of benzene rings is 1. The highest BCUT2D eigenvalue weighted by molar-refractivity contribution is 5.89. The highest BCUT2D eigenvalue weighted by Gasteiger charge is 2.29. The second-order valence-corrected chi connectivity index (χ2v) is 6.71. The van der Waals surface area contributed by atoms with Gasteiger partial charge in [0.1, 0.15) is 11.9 Å². The zero-order valence-electron chi connectivity index (χ0n) is 16.1. The molecule has 1 aliphatic heterocycles. The standard InChI is InChI=1S/C21H23FN4O4/c22-14-4-6-15(7-5-14)25-21(29)26-18-9-8-17(30-19(18)13-27)11-20(28)24-12-16-3-1-2-10-23-16/h1-10,17-19,27H,11-13H2,(H,24,28)(H2,25,26,29)/t17-,18-,19+/m0/s1. The molecule has 0 fully saturated rings. The number of anilines is 1. The molecule has 0 saturated carbocycles. The van der Waals surface area contributed by atoms with Crippen LogP contribution in [0.25, 0.3) is 0 Å². The Hall–Kier alpha value is -3.30. The third-order valence-corrected chi connectivity index (χ3v) is 4.44. The summed E-state index contributed by atoms with van der Waals surface area (Å²) in [4.78, 5) is 28.4. The average molecular weight is 414 g/mol. The average Bonchev–Trinajstić information content (AvgIpc) is 2.75. The normalized spacial score (nSPS) is 20.4. The fourth-order valence-electron chi connectivity index (χ4n) is 2.93. The minimum atomic E-state index is -0.706. The van der Waals surface area contributed by atoms with Crippen molar-refractivity contribution >= 4 is 17.6 Å². The second kappa shape index (κ2) is 10.5.